The molecule has 0 aliphatic rings. The summed E-state index contributed by atoms with van der Waals surface area (Å²) in [7, 11) is 0. The van der Waals surface area contributed by atoms with E-state index in [2.05, 4.69) is 0 Å². The van der Waals surface area contributed by atoms with Crippen LogP contribution in [0.5, 0.6) is 0 Å². The molecule has 2 heteroatoms. The first kappa shape index (κ1) is 6.30. The first-order chi connectivity index (χ1) is 4.30. The highest BCUT2D eigenvalue weighted by Crippen LogP contribution is 2.01. The molecular weight excluding hydrogens is 134 g/mol. The van der Waals surface area contributed by atoms with Crippen molar-refractivity contribution in [3.05, 3.63) is 35.9 Å². The van der Waals surface area contributed by atoms with E-state index in [4.69, 9.17) is 17.0 Å². The smallest absolute Gasteiger partial charge is 0.128 e. The number of hydrogen-bond acceptors (Lipinski definition) is 1. The van der Waals surface area contributed by atoms with E-state index in [1.807, 2.05) is 18.2 Å². The standard InChI is InChI=1S/C7H6ClN/c8-7(9)6-4-2-1-3-5-6/h1-5,9H. The minimum absolute atomic E-state index is 0.0931. The van der Waals surface area contributed by atoms with Crippen molar-refractivity contribution in [2.75, 3.05) is 0 Å². The summed E-state index contributed by atoms with van der Waals surface area (Å²) in [6, 6.07) is 9.20. The predicted molar refractivity (Wildman–Crippen MR) is 39.1 cm³/mol. The second-order valence-electron chi connectivity index (χ2n) is 1.68. The minimum atomic E-state index is 0.0931. The zero-order valence-electron chi connectivity index (χ0n) is 4.76. The molecule has 0 spiro atoms. The topological polar surface area (TPSA) is 23.9 Å². The van der Waals surface area contributed by atoms with E-state index in [0.717, 1.165) is 5.56 Å². The van der Waals surface area contributed by atoms with Crippen LogP contribution in [0.4, 0.5) is 0 Å². The Labute approximate surface area is 58.8 Å². The van der Waals surface area contributed by atoms with Crippen LogP contribution >= 0.6 is 11.6 Å². The van der Waals surface area contributed by atoms with Gasteiger partial charge in [0, 0.05) is 5.56 Å². The van der Waals surface area contributed by atoms with Gasteiger partial charge in [-0.1, -0.05) is 41.9 Å². The fourth-order valence-electron chi connectivity index (χ4n) is 0.584. The van der Waals surface area contributed by atoms with Crippen LogP contribution in [0.1, 0.15) is 5.56 Å². The number of halogens is 1. The first-order valence-corrected chi connectivity index (χ1v) is 2.98. The summed E-state index contributed by atoms with van der Waals surface area (Å²) in [5, 5.41) is 7.09. The number of benzene rings is 1. The van der Waals surface area contributed by atoms with E-state index in [-0.39, 0.29) is 5.17 Å². The summed E-state index contributed by atoms with van der Waals surface area (Å²) in [4.78, 5) is 0. The van der Waals surface area contributed by atoms with Crippen molar-refractivity contribution in [1.29, 1.82) is 5.41 Å². The highest BCUT2D eigenvalue weighted by molar-refractivity contribution is 6.68. The van der Waals surface area contributed by atoms with Crippen molar-refractivity contribution in [3.8, 4) is 0 Å². The number of rotatable bonds is 1. The van der Waals surface area contributed by atoms with Gasteiger partial charge in [0.25, 0.3) is 0 Å². The lowest BCUT2D eigenvalue weighted by atomic mass is 10.2. The highest BCUT2D eigenvalue weighted by Gasteiger charge is 1.91. The lowest BCUT2D eigenvalue weighted by Crippen LogP contribution is -1.84. The van der Waals surface area contributed by atoms with Crippen LogP contribution in [-0.2, 0) is 0 Å². The average molecular weight is 140 g/mol. The highest BCUT2D eigenvalue weighted by atomic mass is 35.5. The van der Waals surface area contributed by atoms with Crippen LogP contribution in [0.2, 0.25) is 0 Å². The van der Waals surface area contributed by atoms with Gasteiger partial charge in [-0.3, -0.25) is 5.41 Å². The van der Waals surface area contributed by atoms with Gasteiger partial charge in [-0.15, -0.1) is 0 Å². The van der Waals surface area contributed by atoms with E-state index in [1.165, 1.54) is 0 Å². The number of hydrogen-bond donors (Lipinski definition) is 1. The van der Waals surface area contributed by atoms with Crippen LogP contribution in [0.15, 0.2) is 30.3 Å². The zero-order valence-corrected chi connectivity index (χ0v) is 5.52. The van der Waals surface area contributed by atoms with Gasteiger partial charge >= 0.3 is 0 Å². The monoisotopic (exact) mass is 139 g/mol. The Morgan fingerprint density at radius 2 is 1.78 bits per heavy atom. The molecule has 0 unspecified atom stereocenters. The molecule has 1 rings (SSSR count). The molecule has 46 valence electrons. The van der Waals surface area contributed by atoms with Gasteiger partial charge in [-0.05, 0) is 0 Å². The van der Waals surface area contributed by atoms with Crippen LogP contribution in [0.3, 0.4) is 0 Å². The van der Waals surface area contributed by atoms with Gasteiger partial charge in [0.05, 0.1) is 0 Å². The van der Waals surface area contributed by atoms with Crippen LogP contribution < -0.4 is 0 Å². The Morgan fingerprint density at radius 3 is 2.11 bits per heavy atom. The maximum Gasteiger partial charge on any atom is 0.128 e. The fraction of sp³-hybridized carbons (Fsp3) is 0. The number of nitrogens with one attached hydrogen (secondary N) is 1. The summed E-state index contributed by atoms with van der Waals surface area (Å²) in [6.45, 7) is 0. The summed E-state index contributed by atoms with van der Waals surface area (Å²) in [6.07, 6.45) is 0. The Balaban J connectivity index is 2.98. The van der Waals surface area contributed by atoms with Crippen molar-refractivity contribution >= 4 is 16.8 Å². The normalized spacial score (nSPS) is 9.00. The molecule has 1 aromatic carbocycles. The fourth-order valence-corrected chi connectivity index (χ4v) is 0.710. The maximum absolute atomic E-state index is 7.00. The summed E-state index contributed by atoms with van der Waals surface area (Å²) in [5.74, 6) is 0. The third kappa shape index (κ3) is 1.54. The van der Waals surface area contributed by atoms with E-state index in [0.29, 0.717) is 0 Å². The van der Waals surface area contributed by atoms with Crippen LogP contribution in [-0.4, -0.2) is 5.17 Å². The molecule has 1 nitrogen and oxygen atoms in total. The van der Waals surface area contributed by atoms with E-state index in [9.17, 15) is 0 Å². The van der Waals surface area contributed by atoms with E-state index < -0.39 is 0 Å². The Bertz CT molecular complexity index is 205. The third-order valence-electron chi connectivity index (χ3n) is 1.03. The Morgan fingerprint density at radius 1 is 1.22 bits per heavy atom. The maximum atomic E-state index is 7.00. The molecule has 0 fully saturated rings. The van der Waals surface area contributed by atoms with Gasteiger partial charge in [-0.2, -0.15) is 0 Å². The van der Waals surface area contributed by atoms with E-state index >= 15 is 0 Å². The quantitative estimate of drug-likeness (QED) is 0.577. The van der Waals surface area contributed by atoms with Gasteiger partial charge in [0.1, 0.15) is 5.17 Å². The SMILES string of the molecule is N=C(Cl)c1ccccc1. The average Bonchev–Trinajstić information content (AvgIpc) is 1.90. The van der Waals surface area contributed by atoms with Crippen molar-refractivity contribution in [2.45, 2.75) is 0 Å². The predicted octanol–water partition coefficient (Wildman–Crippen LogP) is 2.25. The van der Waals surface area contributed by atoms with Crippen molar-refractivity contribution in [2.24, 2.45) is 0 Å². The molecule has 0 heterocycles. The molecule has 0 saturated heterocycles. The molecular formula is C7H6ClN. The summed E-state index contributed by atoms with van der Waals surface area (Å²) in [5.41, 5.74) is 0.763. The second-order valence-corrected chi connectivity index (χ2v) is 2.06. The van der Waals surface area contributed by atoms with Crippen molar-refractivity contribution in [1.82, 2.24) is 0 Å². The second kappa shape index (κ2) is 2.65. The molecule has 1 aromatic rings. The molecule has 0 aliphatic carbocycles. The lowest BCUT2D eigenvalue weighted by molar-refractivity contribution is 1.52. The molecule has 0 atom stereocenters. The Hall–Kier alpha value is -0.820. The van der Waals surface area contributed by atoms with Gasteiger partial charge in [0.2, 0.25) is 0 Å². The van der Waals surface area contributed by atoms with Crippen molar-refractivity contribution in [3.63, 3.8) is 0 Å². The molecule has 1 N–H and O–H groups in total. The van der Waals surface area contributed by atoms with Gasteiger partial charge in [0.15, 0.2) is 0 Å². The molecule has 0 aromatic heterocycles. The zero-order chi connectivity index (χ0) is 6.69. The molecule has 9 heavy (non-hydrogen) atoms. The van der Waals surface area contributed by atoms with Gasteiger partial charge in [-0.25, -0.2) is 0 Å². The Kier molecular flexibility index (Phi) is 1.85. The molecule has 0 aliphatic heterocycles. The molecule has 0 amide bonds. The van der Waals surface area contributed by atoms with E-state index in [1.54, 1.807) is 12.1 Å². The summed E-state index contributed by atoms with van der Waals surface area (Å²) < 4.78 is 0. The lowest BCUT2D eigenvalue weighted by Gasteiger charge is -1.90. The van der Waals surface area contributed by atoms with Gasteiger partial charge < -0.3 is 0 Å². The first-order valence-electron chi connectivity index (χ1n) is 2.60. The minimum Gasteiger partial charge on any atom is -0.289 e. The summed E-state index contributed by atoms with van der Waals surface area (Å²) >= 11 is 5.39. The molecule has 0 radical (unpaired) electrons. The van der Waals surface area contributed by atoms with Crippen LogP contribution in [0, 0.1) is 5.41 Å². The van der Waals surface area contributed by atoms with Crippen molar-refractivity contribution < 1.29 is 0 Å². The van der Waals surface area contributed by atoms with Crippen LogP contribution in [0.25, 0.3) is 0 Å². The molecule has 0 saturated carbocycles. The molecule has 0 bridgehead atoms. The third-order valence-corrected chi connectivity index (χ3v) is 1.25. The largest absolute Gasteiger partial charge is 0.289 e.